The van der Waals surface area contributed by atoms with Crippen molar-refractivity contribution in [2.24, 2.45) is 0 Å². The van der Waals surface area contributed by atoms with Crippen LogP contribution < -0.4 is 0 Å². The molecule has 0 bridgehead atoms. The Labute approximate surface area is 87.1 Å². The van der Waals surface area contributed by atoms with Crippen LogP contribution in [0.2, 0.25) is 0 Å². The Morgan fingerprint density at radius 2 is 1.86 bits per heavy atom. The fourth-order valence-electron chi connectivity index (χ4n) is 1.00. The molecule has 0 atom stereocenters. The molecule has 0 saturated heterocycles. The number of hydrogen-bond acceptors (Lipinski definition) is 0. The Hall–Kier alpha value is -0.580. The molecule has 0 amide bonds. The minimum absolute atomic E-state index is 0.135. The molecule has 5 heteroatoms. The Kier molecular flexibility index (Phi) is 3.53. The topological polar surface area (TPSA) is 0 Å². The van der Waals surface area contributed by atoms with E-state index in [2.05, 4.69) is 15.9 Å². The molecule has 1 rings (SSSR count). The average molecular weight is 271 g/mol. The summed E-state index contributed by atoms with van der Waals surface area (Å²) in [5.74, 6) is -0.465. The van der Waals surface area contributed by atoms with E-state index in [0.29, 0.717) is 10.0 Å². The van der Waals surface area contributed by atoms with Gasteiger partial charge < -0.3 is 0 Å². The molecule has 0 N–H and O–H groups in total. The van der Waals surface area contributed by atoms with Gasteiger partial charge in [0.2, 0.25) is 0 Å². The van der Waals surface area contributed by atoms with Crippen molar-refractivity contribution in [1.82, 2.24) is 0 Å². The summed E-state index contributed by atoms with van der Waals surface area (Å²) in [6.07, 6.45) is -5.20. The lowest BCUT2D eigenvalue weighted by Crippen LogP contribution is -2.08. The maximum atomic E-state index is 12.6. The predicted molar refractivity (Wildman–Crippen MR) is 48.5 cm³/mol. The molecule has 0 nitrogen and oxygen atoms in total. The number of halogens is 5. The van der Waals surface area contributed by atoms with Gasteiger partial charge >= 0.3 is 6.18 Å². The van der Waals surface area contributed by atoms with Crippen LogP contribution in [-0.2, 0) is 6.42 Å². The molecule has 1 aromatic carbocycles. The summed E-state index contributed by atoms with van der Waals surface area (Å²) in [7, 11) is 0. The van der Waals surface area contributed by atoms with Crippen molar-refractivity contribution >= 4 is 15.9 Å². The summed E-state index contributed by atoms with van der Waals surface area (Å²) in [5.41, 5.74) is 0.462. The van der Waals surface area contributed by atoms with Crippen LogP contribution in [0.25, 0.3) is 0 Å². The minimum atomic E-state index is -4.17. The van der Waals surface area contributed by atoms with Gasteiger partial charge in [-0.15, -0.1) is 0 Å². The van der Waals surface area contributed by atoms with Gasteiger partial charge in [-0.1, -0.05) is 22.0 Å². The second-order valence-corrected chi connectivity index (χ2v) is 3.71. The zero-order valence-electron chi connectivity index (χ0n) is 7.04. The van der Waals surface area contributed by atoms with E-state index in [1.807, 2.05) is 0 Å². The van der Waals surface area contributed by atoms with Gasteiger partial charge in [-0.25, -0.2) is 4.39 Å². The van der Waals surface area contributed by atoms with Gasteiger partial charge in [0.25, 0.3) is 0 Å². The maximum Gasteiger partial charge on any atom is 0.389 e. The smallest absolute Gasteiger partial charge is 0.207 e. The van der Waals surface area contributed by atoms with Gasteiger partial charge in [0.15, 0.2) is 0 Å². The quantitative estimate of drug-likeness (QED) is 0.711. The number of hydrogen-bond donors (Lipinski definition) is 0. The Bertz CT molecular complexity index is 319. The van der Waals surface area contributed by atoms with Gasteiger partial charge in [-0.2, -0.15) is 13.2 Å². The number of aryl methyl sites for hydroxylation is 1. The molecule has 0 aliphatic heterocycles. The van der Waals surface area contributed by atoms with E-state index in [0.717, 1.165) is 12.1 Å². The maximum absolute atomic E-state index is 12.6. The van der Waals surface area contributed by atoms with Crippen molar-refractivity contribution in [3.05, 3.63) is 34.1 Å². The van der Waals surface area contributed by atoms with E-state index in [4.69, 9.17) is 0 Å². The van der Waals surface area contributed by atoms with Crippen molar-refractivity contribution in [3.63, 3.8) is 0 Å². The lowest BCUT2D eigenvalue weighted by Gasteiger charge is -2.07. The van der Waals surface area contributed by atoms with Crippen molar-refractivity contribution in [1.29, 1.82) is 0 Å². The number of benzene rings is 1. The van der Waals surface area contributed by atoms with Crippen molar-refractivity contribution in [3.8, 4) is 0 Å². The predicted octanol–water partition coefficient (Wildman–Crippen LogP) is 4.08. The molecule has 0 unspecified atom stereocenters. The lowest BCUT2D eigenvalue weighted by atomic mass is 10.1. The fourth-order valence-corrected chi connectivity index (χ4v) is 1.55. The van der Waals surface area contributed by atoms with Crippen molar-refractivity contribution < 1.29 is 17.6 Å². The first-order valence-corrected chi connectivity index (χ1v) is 4.68. The first-order chi connectivity index (χ1) is 6.38. The number of rotatable bonds is 2. The van der Waals surface area contributed by atoms with Crippen LogP contribution >= 0.6 is 15.9 Å². The summed E-state index contributed by atoms with van der Waals surface area (Å²) in [5, 5.41) is 0. The van der Waals surface area contributed by atoms with Crippen LogP contribution in [0, 0.1) is 5.82 Å². The average Bonchev–Trinajstić information content (AvgIpc) is 2.00. The normalized spacial score (nSPS) is 11.8. The molecule has 0 saturated carbocycles. The Balaban J connectivity index is 2.68. The minimum Gasteiger partial charge on any atom is -0.207 e. The van der Waals surface area contributed by atoms with Crippen LogP contribution in [0.15, 0.2) is 22.7 Å². The highest BCUT2D eigenvalue weighted by atomic mass is 79.9. The molecule has 0 radical (unpaired) electrons. The van der Waals surface area contributed by atoms with Crippen LogP contribution in [0.4, 0.5) is 17.6 Å². The highest BCUT2D eigenvalue weighted by molar-refractivity contribution is 9.10. The van der Waals surface area contributed by atoms with Gasteiger partial charge in [0, 0.05) is 10.9 Å². The molecule has 0 spiro atoms. The molecule has 0 aliphatic rings. The van der Waals surface area contributed by atoms with Crippen LogP contribution in [0.1, 0.15) is 12.0 Å². The second kappa shape index (κ2) is 4.29. The Morgan fingerprint density at radius 3 is 2.36 bits per heavy atom. The standard InChI is InChI=1S/C9H7BrF4/c10-8-5-7(11)2-1-6(8)3-4-9(12,13)14/h1-2,5H,3-4H2. The van der Waals surface area contributed by atoms with Crippen LogP contribution in [0.3, 0.4) is 0 Å². The fraction of sp³-hybridized carbons (Fsp3) is 0.333. The van der Waals surface area contributed by atoms with Crippen LogP contribution in [-0.4, -0.2) is 6.18 Å². The first-order valence-electron chi connectivity index (χ1n) is 3.89. The third-order valence-electron chi connectivity index (χ3n) is 1.69. The highest BCUT2D eigenvalue weighted by Gasteiger charge is 2.26. The Morgan fingerprint density at radius 1 is 1.21 bits per heavy atom. The molecule has 14 heavy (non-hydrogen) atoms. The molecule has 0 heterocycles. The molecular formula is C9H7BrF4. The van der Waals surface area contributed by atoms with E-state index in [9.17, 15) is 17.6 Å². The molecule has 1 aromatic rings. The van der Waals surface area contributed by atoms with Gasteiger partial charge in [-0.05, 0) is 24.1 Å². The summed E-state index contributed by atoms with van der Waals surface area (Å²) in [6.45, 7) is 0. The summed E-state index contributed by atoms with van der Waals surface area (Å²) in [4.78, 5) is 0. The van der Waals surface area contributed by atoms with E-state index in [1.54, 1.807) is 0 Å². The second-order valence-electron chi connectivity index (χ2n) is 2.85. The SMILES string of the molecule is Fc1ccc(CCC(F)(F)F)c(Br)c1. The van der Waals surface area contributed by atoms with Gasteiger partial charge in [-0.3, -0.25) is 0 Å². The number of alkyl halides is 3. The zero-order valence-corrected chi connectivity index (χ0v) is 8.62. The van der Waals surface area contributed by atoms with E-state index >= 15 is 0 Å². The van der Waals surface area contributed by atoms with Crippen molar-refractivity contribution in [2.45, 2.75) is 19.0 Å². The highest BCUT2D eigenvalue weighted by Crippen LogP contribution is 2.25. The summed E-state index contributed by atoms with van der Waals surface area (Å²) < 4.78 is 48.5. The van der Waals surface area contributed by atoms with E-state index < -0.39 is 18.4 Å². The van der Waals surface area contributed by atoms with Gasteiger partial charge in [0.05, 0.1) is 0 Å². The zero-order chi connectivity index (χ0) is 10.8. The first kappa shape index (κ1) is 11.5. The third kappa shape index (κ3) is 3.65. The molecule has 0 aromatic heterocycles. The molecule has 0 fully saturated rings. The summed E-state index contributed by atoms with van der Waals surface area (Å²) in [6, 6.07) is 3.66. The largest absolute Gasteiger partial charge is 0.389 e. The monoisotopic (exact) mass is 270 g/mol. The van der Waals surface area contributed by atoms with Gasteiger partial charge in [0.1, 0.15) is 5.82 Å². The van der Waals surface area contributed by atoms with E-state index in [-0.39, 0.29) is 6.42 Å². The lowest BCUT2D eigenvalue weighted by molar-refractivity contribution is -0.134. The molecule has 0 aliphatic carbocycles. The van der Waals surface area contributed by atoms with Crippen LogP contribution in [0.5, 0.6) is 0 Å². The molecule has 78 valence electrons. The third-order valence-corrected chi connectivity index (χ3v) is 2.43. The molecular weight excluding hydrogens is 264 g/mol. The van der Waals surface area contributed by atoms with Crippen molar-refractivity contribution in [2.75, 3.05) is 0 Å². The summed E-state index contributed by atoms with van der Waals surface area (Å²) >= 11 is 3.01. The van der Waals surface area contributed by atoms with E-state index in [1.165, 1.54) is 6.07 Å².